The van der Waals surface area contributed by atoms with Crippen LogP contribution >= 0.6 is 22.7 Å². The minimum Gasteiger partial charge on any atom is -0.355 e. The van der Waals surface area contributed by atoms with Crippen molar-refractivity contribution < 1.29 is 0 Å². The normalized spacial score (nSPS) is 16.4. The number of hydrogen-bond acceptors (Lipinski definition) is 3. The Morgan fingerprint density at radius 2 is 1.18 bits per heavy atom. The Morgan fingerprint density at radius 3 is 1.87 bits per heavy atom. The summed E-state index contributed by atoms with van der Waals surface area (Å²) in [5, 5.41) is 12.1. The van der Waals surface area contributed by atoms with E-state index < -0.39 is 0 Å². The van der Waals surface area contributed by atoms with E-state index in [1.54, 1.807) is 0 Å². The predicted octanol–water partition coefficient (Wildman–Crippen LogP) is 16.9. The Kier molecular flexibility index (Phi) is 8.15. The maximum atomic E-state index is 4.10. The monoisotopic (exact) mass is 913 g/mol. The first kappa shape index (κ1) is 40.9. The first-order valence-electron chi connectivity index (χ1n) is 24.5. The molecule has 14 rings (SSSR count). The fourth-order valence-corrected chi connectivity index (χ4v) is 15.1. The number of thiophene rings is 2. The molecule has 0 saturated carbocycles. The van der Waals surface area contributed by atoms with Crippen LogP contribution in [0.1, 0.15) is 103 Å². The fourth-order valence-electron chi connectivity index (χ4n) is 12.8. The maximum absolute atomic E-state index is 4.10. The fraction of sp³-hybridized carbons (Fsp3) is 0.238. The first-order valence-corrected chi connectivity index (χ1v) is 26.2. The summed E-state index contributed by atoms with van der Waals surface area (Å²) < 4.78 is 8.01. The van der Waals surface area contributed by atoms with Gasteiger partial charge in [-0.25, -0.2) is 0 Å². The lowest BCUT2D eigenvalue weighted by Crippen LogP contribution is -2.38. The smallest absolute Gasteiger partial charge is 0.197 e. The van der Waals surface area contributed by atoms with Crippen LogP contribution in [0.3, 0.4) is 0 Å². The number of aromatic nitrogens is 1. The van der Waals surface area contributed by atoms with Crippen molar-refractivity contribution in [3.8, 4) is 27.9 Å². The third-order valence-corrected chi connectivity index (χ3v) is 18.9. The second-order valence-corrected chi connectivity index (χ2v) is 25.2. The molecule has 11 aromatic rings. The number of nitrogens with one attached hydrogen (secondary N) is 1. The molecule has 0 saturated heterocycles. The van der Waals surface area contributed by atoms with E-state index in [-0.39, 0.29) is 21.7 Å². The lowest BCUT2D eigenvalue weighted by atomic mass is 9.57. The van der Waals surface area contributed by atoms with Gasteiger partial charge in [-0.05, 0) is 139 Å². The quantitative estimate of drug-likeness (QED) is 0.175. The molecule has 8 aromatic carbocycles. The SMILES string of the molecule is CC(C)(C)c1ccc(Nc2cc3c(cc2-c2c4c(c5c6cc7c(cc6n6c5c2[B]c2cc5c(cc2-6)sc2ccccc25)C(C)(C)CCC7(C)C)-c2ccccc2C4(C)C)sc2ccccc23)cc1. The maximum Gasteiger partial charge on any atom is 0.197 e. The van der Waals surface area contributed by atoms with Crippen LogP contribution in [0, 0.1) is 0 Å². The molecular weight excluding hydrogens is 860 g/mol. The van der Waals surface area contributed by atoms with Gasteiger partial charge in [-0.3, -0.25) is 0 Å². The lowest BCUT2D eigenvalue weighted by molar-refractivity contribution is 0.332. The van der Waals surface area contributed by atoms with Crippen LogP contribution in [0.4, 0.5) is 11.4 Å². The minimum atomic E-state index is -0.293. The Bertz CT molecular complexity index is 4030. The molecule has 3 aromatic heterocycles. The van der Waals surface area contributed by atoms with Crippen LogP contribution in [0.25, 0.3) is 90.1 Å². The Hall–Kier alpha value is -6.14. The topological polar surface area (TPSA) is 17.0 Å². The molecule has 0 spiro atoms. The van der Waals surface area contributed by atoms with Gasteiger partial charge >= 0.3 is 0 Å². The second-order valence-electron chi connectivity index (χ2n) is 23.0. The van der Waals surface area contributed by atoms with Gasteiger partial charge in [-0.15, -0.1) is 22.7 Å². The zero-order valence-electron chi connectivity index (χ0n) is 40.5. The highest BCUT2D eigenvalue weighted by molar-refractivity contribution is 7.26. The zero-order valence-corrected chi connectivity index (χ0v) is 42.1. The standard InChI is InChI=1S/C63H54BN2S2/c1-60(2,3)34-22-24-35(25-23-34)65-47-30-40-37-17-12-15-21-51(37)67-52(40)31-41(47)56-57-54(38-18-10-13-19-43(38)63(57,8)9)55-42-28-44-45(62(6,7)27-26-61(44,4)5)32-48(42)66-49-33-53-39(29-46(49)64-58(56)59(55)66)36-16-11-14-20-50(36)68-53/h10-25,28-33,65H,26-27H2,1-9H3. The summed E-state index contributed by atoms with van der Waals surface area (Å²) in [4.78, 5) is 0. The molecule has 2 aliphatic carbocycles. The Labute approximate surface area is 407 Å². The second kappa shape index (κ2) is 13.6. The van der Waals surface area contributed by atoms with Crippen LogP contribution in [-0.2, 0) is 21.7 Å². The predicted molar refractivity (Wildman–Crippen MR) is 298 cm³/mol. The molecule has 0 atom stereocenters. The number of nitrogens with zero attached hydrogens (tertiary/aromatic N) is 1. The molecule has 4 heterocycles. The highest BCUT2D eigenvalue weighted by atomic mass is 32.1. The van der Waals surface area contributed by atoms with Crippen molar-refractivity contribution >= 4 is 114 Å². The highest BCUT2D eigenvalue weighted by Crippen LogP contribution is 2.59. The van der Waals surface area contributed by atoms with Crippen LogP contribution < -0.4 is 16.2 Å². The molecule has 2 nitrogen and oxygen atoms in total. The van der Waals surface area contributed by atoms with Crippen LogP contribution in [-0.4, -0.2) is 11.8 Å². The van der Waals surface area contributed by atoms with Crippen molar-refractivity contribution in [3.63, 3.8) is 0 Å². The molecule has 0 unspecified atom stereocenters. The van der Waals surface area contributed by atoms with E-state index in [2.05, 4.69) is 213 Å². The number of rotatable bonds is 3. The molecule has 3 aliphatic rings. The molecule has 1 aliphatic heterocycles. The van der Waals surface area contributed by atoms with Crippen molar-refractivity contribution in [2.24, 2.45) is 0 Å². The molecule has 68 heavy (non-hydrogen) atoms. The number of fused-ring (bicyclic) bond motifs is 16. The van der Waals surface area contributed by atoms with E-state index in [0.29, 0.717) is 0 Å². The van der Waals surface area contributed by atoms with Gasteiger partial charge in [0.05, 0.1) is 5.52 Å². The summed E-state index contributed by atoms with van der Waals surface area (Å²) in [5.41, 5.74) is 21.1. The number of anilines is 2. The third-order valence-electron chi connectivity index (χ3n) is 16.6. The van der Waals surface area contributed by atoms with Crippen molar-refractivity contribution in [2.45, 2.75) is 96.8 Å². The average Bonchev–Trinajstić information content (AvgIpc) is 4.03. The van der Waals surface area contributed by atoms with Crippen molar-refractivity contribution in [1.29, 1.82) is 0 Å². The highest BCUT2D eigenvalue weighted by Gasteiger charge is 2.44. The van der Waals surface area contributed by atoms with E-state index in [1.165, 1.54) is 142 Å². The molecule has 331 valence electrons. The van der Waals surface area contributed by atoms with Gasteiger partial charge in [-0.2, -0.15) is 0 Å². The molecule has 0 fully saturated rings. The summed E-state index contributed by atoms with van der Waals surface area (Å²) in [7, 11) is 2.59. The van der Waals surface area contributed by atoms with Crippen molar-refractivity contribution in [2.75, 3.05) is 5.32 Å². The van der Waals surface area contributed by atoms with E-state index >= 15 is 0 Å². The van der Waals surface area contributed by atoms with Gasteiger partial charge in [0.1, 0.15) is 0 Å². The molecule has 0 amide bonds. The van der Waals surface area contributed by atoms with Gasteiger partial charge in [0.25, 0.3) is 0 Å². The molecule has 5 heteroatoms. The van der Waals surface area contributed by atoms with Crippen LogP contribution in [0.5, 0.6) is 0 Å². The lowest BCUT2D eigenvalue weighted by Gasteiger charge is -2.42. The molecule has 0 bridgehead atoms. The summed E-state index contributed by atoms with van der Waals surface area (Å²) in [6, 6.07) is 51.7. The van der Waals surface area contributed by atoms with Gasteiger partial charge in [0, 0.05) is 79.3 Å². The van der Waals surface area contributed by atoms with E-state index in [0.717, 1.165) is 11.4 Å². The van der Waals surface area contributed by atoms with Gasteiger partial charge < -0.3 is 9.88 Å². The first-order chi connectivity index (χ1) is 32.6. The zero-order chi connectivity index (χ0) is 46.4. The van der Waals surface area contributed by atoms with Crippen LogP contribution in [0.15, 0.2) is 133 Å². The van der Waals surface area contributed by atoms with Gasteiger partial charge in [-0.1, -0.05) is 147 Å². The third kappa shape index (κ3) is 5.52. The van der Waals surface area contributed by atoms with Crippen LogP contribution in [0.2, 0.25) is 0 Å². The molecular formula is C63H54BN2S2. The van der Waals surface area contributed by atoms with Crippen molar-refractivity contribution in [1.82, 2.24) is 4.57 Å². The Morgan fingerprint density at radius 1 is 0.559 bits per heavy atom. The van der Waals surface area contributed by atoms with Crippen molar-refractivity contribution in [3.05, 3.63) is 161 Å². The summed E-state index contributed by atoms with van der Waals surface area (Å²) in [6.07, 6.45) is 2.35. The Balaban J connectivity index is 1.17. The number of hydrogen-bond donors (Lipinski definition) is 1. The van der Waals surface area contributed by atoms with E-state index in [9.17, 15) is 0 Å². The van der Waals surface area contributed by atoms with E-state index in [4.69, 9.17) is 0 Å². The van der Waals surface area contributed by atoms with Gasteiger partial charge in [0.15, 0.2) is 7.28 Å². The summed E-state index contributed by atoms with van der Waals surface area (Å²) in [5.74, 6) is 0. The largest absolute Gasteiger partial charge is 0.355 e. The van der Waals surface area contributed by atoms with Gasteiger partial charge in [0.2, 0.25) is 0 Å². The van der Waals surface area contributed by atoms with E-state index in [1.807, 2.05) is 22.7 Å². The summed E-state index contributed by atoms with van der Waals surface area (Å²) >= 11 is 3.83. The number of benzene rings is 8. The minimum absolute atomic E-state index is 0.0602. The molecule has 1 radical (unpaired) electrons. The summed E-state index contributed by atoms with van der Waals surface area (Å²) in [6.45, 7) is 21.8. The average molecular weight is 914 g/mol. The molecule has 1 N–H and O–H groups in total.